The molecular formula is C14H17FN2S. The lowest BCUT2D eigenvalue weighted by Crippen LogP contribution is -2.22. The normalized spacial score (nSPS) is 11.8. The topological polar surface area (TPSA) is 17.8 Å². The van der Waals surface area contributed by atoms with Gasteiger partial charge in [0.25, 0.3) is 0 Å². The van der Waals surface area contributed by atoms with Crippen molar-refractivity contribution in [2.75, 3.05) is 0 Å². The molecule has 0 atom stereocenters. The van der Waals surface area contributed by atoms with E-state index in [4.69, 9.17) is 0 Å². The van der Waals surface area contributed by atoms with Crippen LogP contribution in [0.1, 0.15) is 26.3 Å². The van der Waals surface area contributed by atoms with Gasteiger partial charge in [-0.3, -0.25) is 4.68 Å². The van der Waals surface area contributed by atoms with E-state index in [2.05, 4.69) is 38.5 Å². The molecular weight excluding hydrogens is 247 g/mol. The first-order valence-electron chi connectivity index (χ1n) is 5.87. The highest BCUT2D eigenvalue weighted by Crippen LogP contribution is 2.26. The van der Waals surface area contributed by atoms with Crippen LogP contribution in [0.15, 0.2) is 30.5 Å². The van der Waals surface area contributed by atoms with Crippen LogP contribution in [-0.2, 0) is 11.3 Å². The standard InChI is InChI=1S/C14H17FN2S/c1-14(2,3)17-8-11(9-18)13(16-17)10-4-6-12(15)7-5-10/h4-8,18H,9H2,1-3H3. The summed E-state index contributed by atoms with van der Waals surface area (Å²) in [5, 5.41) is 4.60. The maximum absolute atomic E-state index is 12.9. The van der Waals surface area contributed by atoms with Gasteiger partial charge in [0.05, 0.1) is 11.2 Å². The Kier molecular flexibility index (Phi) is 3.48. The number of thiol groups is 1. The van der Waals surface area contributed by atoms with Crippen molar-refractivity contribution < 1.29 is 4.39 Å². The number of hydrogen-bond donors (Lipinski definition) is 1. The van der Waals surface area contributed by atoms with Crippen molar-refractivity contribution in [2.24, 2.45) is 0 Å². The van der Waals surface area contributed by atoms with Crippen LogP contribution in [0.4, 0.5) is 4.39 Å². The first kappa shape index (κ1) is 13.1. The molecule has 2 aromatic rings. The maximum atomic E-state index is 12.9. The van der Waals surface area contributed by atoms with Gasteiger partial charge in [-0.15, -0.1) is 0 Å². The molecule has 0 aliphatic carbocycles. The van der Waals surface area contributed by atoms with Gasteiger partial charge in [0.2, 0.25) is 0 Å². The average molecular weight is 264 g/mol. The molecule has 0 amide bonds. The molecule has 96 valence electrons. The fraction of sp³-hybridized carbons (Fsp3) is 0.357. The van der Waals surface area contributed by atoms with Crippen LogP contribution in [0.2, 0.25) is 0 Å². The number of nitrogens with zero attached hydrogens (tertiary/aromatic N) is 2. The zero-order valence-corrected chi connectivity index (χ0v) is 11.7. The number of rotatable bonds is 2. The van der Waals surface area contributed by atoms with Crippen LogP contribution in [0.3, 0.4) is 0 Å². The van der Waals surface area contributed by atoms with Gasteiger partial charge in [0.1, 0.15) is 5.82 Å². The Bertz CT molecular complexity index is 538. The van der Waals surface area contributed by atoms with Crippen LogP contribution >= 0.6 is 12.6 Å². The van der Waals surface area contributed by atoms with E-state index in [9.17, 15) is 4.39 Å². The lowest BCUT2D eigenvalue weighted by atomic mass is 10.1. The molecule has 4 heteroatoms. The third-order valence-electron chi connectivity index (χ3n) is 2.77. The highest BCUT2D eigenvalue weighted by molar-refractivity contribution is 7.79. The predicted molar refractivity (Wildman–Crippen MR) is 75.3 cm³/mol. The Balaban J connectivity index is 2.50. The number of hydrogen-bond acceptors (Lipinski definition) is 2. The zero-order chi connectivity index (χ0) is 13.3. The molecule has 0 bridgehead atoms. The second kappa shape index (κ2) is 4.76. The summed E-state index contributed by atoms with van der Waals surface area (Å²) < 4.78 is 14.9. The highest BCUT2D eigenvalue weighted by atomic mass is 32.1. The Labute approximate surface area is 112 Å². The minimum Gasteiger partial charge on any atom is -0.267 e. The van der Waals surface area contributed by atoms with Gasteiger partial charge in [-0.25, -0.2) is 4.39 Å². The average Bonchev–Trinajstić information content (AvgIpc) is 2.73. The first-order valence-corrected chi connectivity index (χ1v) is 6.51. The molecule has 2 rings (SSSR count). The number of benzene rings is 1. The van der Waals surface area contributed by atoms with Crippen molar-refractivity contribution in [2.45, 2.75) is 32.1 Å². The molecule has 0 aliphatic heterocycles. The molecule has 1 aromatic heterocycles. The molecule has 0 unspecified atom stereocenters. The summed E-state index contributed by atoms with van der Waals surface area (Å²) in [4.78, 5) is 0. The van der Waals surface area contributed by atoms with Gasteiger partial charge in [0.15, 0.2) is 0 Å². The van der Waals surface area contributed by atoms with Crippen molar-refractivity contribution in [3.8, 4) is 11.3 Å². The monoisotopic (exact) mass is 264 g/mol. The van der Waals surface area contributed by atoms with Gasteiger partial charge < -0.3 is 0 Å². The van der Waals surface area contributed by atoms with E-state index in [1.54, 1.807) is 12.1 Å². The summed E-state index contributed by atoms with van der Waals surface area (Å²) in [7, 11) is 0. The van der Waals surface area contributed by atoms with Gasteiger partial charge in [-0.1, -0.05) is 0 Å². The molecule has 1 aromatic carbocycles. The van der Waals surface area contributed by atoms with Crippen molar-refractivity contribution in [3.63, 3.8) is 0 Å². The molecule has 0 N–H and O–H groups in total. The first-order chi connectivity index (χ1) is 8.41. The third-order valence-corrected chi connectivity index (χ3v) is 3.11. The van der Waals surface area contributed by atoms with Crippen LogP contribution < -0.4 is 0 Å². The summed E-state index contributed by atoms with van der Waals surface area (Å²) in [5.41, 5.74) is 2.78. The largest absolute Gasteiger partial charge is 0.267 e. The third kappa shape index (κ3) is 2.58. The maximum Gasteiger partial charge on any atom is 0.123 e. The summed E-state index contributed by atoms with van der Waals surface area (Å²) in [5.74, 6) is 0.379. The van der Waals surface area contributed by atoms with Crippen molar-refractivity contribution in [1.82, 2.24) is 9.78 Å². The quantitative estimate of drug-likeness (QED) is 0.815. The SMILES string of the molecule is CC(C)(C)n1cc(CS)c(-c2ccc(F)cc2)n1. The summed E-state index contributed by atoms with van der Waals surface area (Å²) in [6, 6.07) is 6.40. The van der Waals surface area contributed by atoms with E-state index in [1.807, 2.05) is 10.9 Å². The van der Waals surface area contributed by atoms with Crippen molar-refractivity contribution in [1.29, 1.82) is 0 Å². The molecule has 18 heavy (non-hydrogen) atoms. The van der Waals surface area contributed by atoms with Gasteiger partial charge in [0, 0.05) is 23.1 Å². The van der Waals surface area contributed by atoms with E-state index in [1.165, 1.54) is 12.1 Å². The number of aromatic nitrogens is 2. The minimum atomic E-state index is -0.235. The molecule has 0 spiro atoms. The molecule has 0 saturated heterocycles. The van der Waals surface area contributed by atoms with Crippen LogP contribution in [0.25, 0.3) is 11.3 Å². The van der Waals surface area contributed by atoms with Crippen LogP contribution in [-0.4, -0.2) is 9.78 Å². The lowest BCUT2D eigenvalue weighted by molar-refractivity contribution is 0.356. The Morgan fingerprint density at radius 3 is 2.33 bits per heavy atom. The number of halogens is 1. The summed E-state index contributed by atoms with van der Waals surface area (Å²) in [6.45, 7) is 6.28. The Morgan fingerprint density at radius 2 is 1.83 bits per heavy atom. The predicted octanol–water partition coefficient (Wildman–Crippen LogP) is 3.87. The second-order valence-electron chi connectivity index (χ2n) is 5.28. The van der Waals surface area contributed by atoms with Crippen molar-refractivity contribution >= 4 is 12.6 Å². The van der Waals surface area contributed by atoms with Gasteiger partial charge in [-0.05, 0) is 45.0 Å². The molecule has 0 radical (unpaired) electrons. The molecule has 0 saturated carbocycles. The minimum absolute atomic E-state index is 0.0734. The van der Waals surface area contributed by atoms with Gasteiger partial charge >= 0.3 is 0 Å². The summed E-state index contributed by atoms with van der Waals surface area (Å²) >= 11 is 4.33. The Morgan fingerprint density at radius 1 is 1.22 bits per heavy atom. The lowest BCUT2D eigenvalue weighted by Gasteiger charge is -2.18. The van der Waals surface area contributed by atoms with E-state index in [-0.39, 0.29) is 11.4 Å². The molecule has 0 aliphatic rings. The van der Waals surface area contributed by atoms with E-state index >= 15 is 0 Å². The van der Waals surface area contributed by atoms with Gasteiger partial charge in [-0.2, -0.15) is 17.7 Å². The van der Waals surface area contributed by atoms with Crippen LogP contribution in [0, 0.1) is 5.82 Å². The fourth-order valence-electron chi connectivity index (χ4n) is 1.72. The Hall–Kier alpha value is -1.29. The van der Waals surface area contributed by atoms with Crippen molar-refractivity contribution in [3.05, 3.63) is 41.8 Å². The zero-order valence-electron chi connectivity index (χ0n) is 10.8. The van der Waals surface area contributed by atoms with E-state index < -0.39 is 0 Å². The fourth-order valence-corrected chi connectivity index (χ4v) is 1.95. The molecule has 0 fully saturated rings. The molecule has 2 nitrogen and oxygen atoms in total. The summed E-state index contributed by atoms with van der Waals surface area (Å²) in [6.07, 6.45) is 2.01. The highest BCUT2D eigenvalue weighted by Gasteiger charge is 2.18. The smallest absolute Gasteiger partial charge is 0.123 e. The van der Waals surface area contributed by atoms with Crippen LogP contribution in [0.5, 0.6) is 0 Å². The van der Waals surface area contributed by atoms with E-state index in [0.717, 1.165) is 16.8 Å². The second-order valence-corrected chi connectivity index (χ2v) is 5.60. The molecule has 1 heterocycles. The van der Waals surface area contributed by atoms with E-state index in [0.29, 0.717) is 5.75 Å².